The number of aromatic nitrogens is 1. The molecule has 0 unspecified atom stereocenters. The van der Waals surface area contributed by atoms with Crippen LogP contribution in [0.2, 0.25) is 0 Å². The minimum atomic E-state index is -0.338. The second-order valence-electron chi connectivity index (χ2n) is 4.51. The first-order valence-electron chi connectivity index (χ1n) is 6.39. The van der Waals surface area contributed by atoms with E-state index in [2.05, 4.69) is 20.5 Å². The molecule has 2 aliphatic rings. The second-order valence-corrected chi connectivity index (χ2v) is 5.52. The Kier molecular flexibility index (Phi) is 5.22. The van der Waals surface area contributed by atoms with Gasteiger partial charge < -0.3 is 10.2 Å². The first-order valence-corrected chi connectivity index (χ1v) is 7.21. The molecule has 112 valence electrons. The number of amides is 2. The van der Waals surface area contributed by atoms with Crippen LogP contribution in [0.4, 0.5) is 10.6 Å². The number of rotatable bonds is 2. The first kappa shape index (κ1) is 15.8. The van der Waals surface area contributed by atoms with E-state index in [1.807, 2.05) is 12.1 Å². The number of halogens is 1. The molecule has 1 aromatic heterocycles. The third kappa shape index (κ3) is 3.55. The fourth-order valence-electron chi connectivity index (χ4n) is 2.23. The Balaban J connectivity index is 0.00000161. The summed E-state index contributed by atoms with van der Waals surface area (Å²) < 4.78 is 0. The van der Waals surface area contributed by atoms with Gasteiger partial charge in [0.15, 0.2) is 0 Å². The summed E-state index contributed by atoms with van der Waals surface area (Å²) in [5, 5.41) is 5.23. The Labute approximate surface area is 132 Å². The zero-order valence-corrected chi connectivity index (χ0v) is 12.8. The third-order valence-corrected chi connectivity index (χ3v) is 3.97. The van der Waals surface area contributed by atoms with Crippen molar-refractivity contribution < 1.29 is 9.59 Å². The lowest BCUT2D eigenvalue weighted by atomic mass is 10.2. The summed E-state index contributed by atoms with van der Waals surface area (Å²) in [7, 11) is 0. The molecule has 2 amide bonds. The van der Waals surface area contributed by atoms with Crippen molar-refractivity contribution in [1.29, 1.82) is 0 Å². The smallest absolute Gasteiger partial charge is 0.290 e. The highest BCUT2D eigenvalue weighted by atomic mass is 35.5. The van der Waals surface area contributed by atoms with Crippen molar-refractivity contribution >= 4 is 47.2 Å². The zero-order valence-electron chi connectivity index (χ0n) is 11.2. The summed E-state index contributed by atoms with van der Waals surface area (Å²) in [6, 6.07) is 3.74. The van der Waals surface area contributed by atoms with E-state index in [-0.39, 0.29) is 23.6 Å². The van der Waals surface area contributed by atoms with Gasteiger partial charge in [-0.1, -0.05) is 0 Å². The van der Waals surface area contributed by atoms with E-state index in [9.17, 15) is 9.59 Å². The van der Waals surface area contributed by atoms with Crippen LogP contribution in [0.5, 0.6) is 0 Å². The van der Waals surface area contributed by atoms with Gasteiger partial charge in [-0.05, 0) is 30.0 Å². The molecule has 3 heterocycles. The molecule has 8 heteroatoms. The average molecular weight is 327 g/mol. The average Bonchev–Trinajstić information content (AvgIpc) is 2.78. The Morgan fingerprint density at radius 3 is 2.71 bits per heavy atom. The fourth-order valence-corrected chi connectivity index (χ4v) is 2.90. The van der Waals surface area contributed by atoms with Crippen LogP contribution >= 0.6 is 24.2 Å². The Hall–Kier alpha value is -1.57. The number of nitrogens with one attached hydrogen (secondary N) is 2. The number of hydrogen-bond acceptors (Lipinski definition) is 6. The van der Waals surface area contributed by atoms with Crippen molar-refractivity contribution in [2.75, 3.05) is 31.1 Å². The lowest BCUT2D eigenvalue weighted by Gasteiger charge is -2.29. The van der Waals surface area contributed by atoms with Gasteiger partial charge in [-0.25, -0.2) is 4.98 Å². The van der Waals surface area contributed by atoms with E-state index in [1.165, 1.54) is 0 Å². The Bertz CT molecular complexity index is 587. The minimum absolute atomic E-state index is 0. The highest BCUT2D eigenvalue weighted by Crippen LogP contribution is 2.28. The molecule has 0 aromatic carbocycles. The van der Waals surface area contributed by atoms with Crippen molar-refractivity contribution in [3.8, 4) is 0 Å². The van der Waals surface area contributed by atoms with E-state index >= 15 is 0 Å². The maximum atomic E-state index is 11.6. The van der Waals surface area contributed by atoms with Crippen LogP contribution in [-0.4, -0.2) is 42.3 Å². The summed E-state index contributed by atoms with van der Waals surface area (Å²) in [5.74, 6) is 0.518. The molecule has 2 N–H and O–H groups in total. The number of imide groups is 1. The van der Waals surface area contributed by atoms with Crippen LogP contribution in [0.15, 0.2) is 23.2 Å². The predicted octanol–water partition coefficient (Wildman–Crippen LogP) is 1.24. The van der Waals surface area contributed by atoms with E-state index in [0.29, 0.717) is 4.91 Å². The molecule has 2 aliphatic heterocycles. The molecule has 2 saturated heterocycles. The highest BCUT2D eigenvalue weighted by molar-refractivity contribution is 8.18. The van der Waals surface area contributed by atoms with Crippen LogP contribution in [0.3, 0.4) is 0 Å². The summed E-state index contributed by atoms with van der Waals surface area (Å²) in [4.78, 5) is 29.8. The van der Waals surface area contributed by atoms with Crippen LogP contribution in [0, 0.1) is 0 Å². The number of hydrogen-bond donors (Lipinski definition) is 2. The maximum absolute atomic E-state index is 11.6. The molecule has 2 fully saturated rings. The normalized spacial score (nSPS) is 20.4. The van der Waals surface area contributed by atoms with Gasteiger partial charge in [-0.15, -0.1) is 12.4 Å². The second kappa shape index (κ2) is 6.93. The highest BCUT2D eigenvalue weighted by Gasteiger charge is 2.25. The topological polar surface area (TPSA) is 74.3 Å². The molecule has 0 atom stereocenters. The Morgan fingerprint density at radius 2 is 2.05 bits per heavy atom. The van der Waals surface area contributed by atoms with E-state index in [4.69, 9.17) is 0 Å². The Morgan fingerprint density at radius 1 is 1.29 bits per heavy atom. The molecular weight excluding hydrogens is 312 g/mol. The van der Waals surface area contributed by atoms with Crippen molar-refractivity contribution in [1.82, 2.24) is 15.6 Å². The molecule has 6 nitrogen and oxygen atoms in total. The number of piperazine rings is 1. The SMILES string of the molecule is Cl.O=C1NC(=O)/C(=C\c2cccnc2N2CCNCC2)S1. The quantitative estimate of drug-likeness (QED) is 0.797. The summed E-state index contributed by atoms with van der Waals surface area (Å²) in [6.45, 7) is 3.59. The molecule has 21 heavy (non-hydrogen) atoms. The molecular formula is C13H15ClN4O2S. The lowest BCUT2D eigenvalue weighted by molar-refractivity contribution is -0.115. The van der Waals surface area contributed by atoms with Gasteiger partial charge in [0.25, 0.3) is 11.1 Å². The number of anilines is 1. The monoisotopic (exact) mass is 326 g/mol. The molecule has 0 radical (unpaired) electrons. The number of carbonyl (C=O) groups is 2. The van der Waals surface area contributed by atoms with Gasteiger partial charge in [0, 0.05) is 37.9 Å². The van der Waals surface area contributed by atoms with Gasteiger partial charge in [-0.2, -0.15) is 0 Å². The van der Waals surface area contributed by atoms with E-state index in [1.54, 1.807) is 12.3 Å². The molecule has 0 bridgehead atoms. The van der Waals surface area contributed by atoms with Crippen LogP contribution in [0.25, 0.3) is 6.08 Å². The standard InChI is InChI=1S/C13H14N4O2S.ClH/c18-12-10(20-13(19)16-12)8-9-2-1-3-15-11(9)17-6-4-14-5-7-17;/h1-3,8,14H,4-7H2,(H,16,18,19);1H/b10-8+;. The number of thioether (sulfide) groups is 1. The molecule has 0 spiro atoms. The predicted molar refractivity (Wildman–Crippen MR) is 85.7 cm³/mol. The largest absolute Gasteiger partial charge is 0.354 e. The summed E-state index contributed by atoms with van der Waals surface area (Å²) in [5.41, 5.74) is 0.863. The van der Waals surface area contributed by atoms with Gasteiger partial charge in [0.1, 0.15) is 5.82 Å². The van der Waals surface area contributed by atoms with Gasteiger partial charge in [0.05, 0.1) is 4.91 Å². The number of carbonyl (C=O) groups excluding carboxylic acids is 2. The van der Waals surface area contributed by atoms with E-state index in [0.717, 1.165) is 49.3 Å². The first-order chi connectivity index (χ1) is 9.74. The van der Waals surface area contributed by atoms with Gasteiger partial charge in [0.2, 0.25) is 0 Å². The summed E-state index contributed by atoms with van der Waals surface area (Å²) in [6.07, 6.45) is 3.47. The zero-order chi connectivity index (χ0) is 13.9. The molecule has 0 aliphatic carbocycles. The van der Waals surface area contributed by atoms with E-state index < -0.39 is 0 Å². The lowest BCUT2D eigenvalue weighted by Crippen LogP contribution is -2.44. The number of pyridine rings is 1. The van der Waals surface area contributed by atoms with Crippen LogP contribution in [0.1, 0.15) is 5.56 Å². The van der Waals surface area contributed by atoms with Crippen LogP contribution < -0.4 is 15.5 Å². The van der Waals surface area contributed by atoms with Crippen molar-refractivity contribution in [3.05, 3.63) is 28.8 Å². The van der Waals surface area contributed by atoms with Crippen molar-refractivity contribution in [2.24, 2.45) is 0 Å². The minimum Gasteiger partial charge on any atom is -0.354 e. The molecule has 1 aromatic rings. The van der Waals surface area contributed by atoms with Crippen molar-refractivity contribution in [2.45, 2.75) is 0 Å². The summed E-state index contributed by atoms with van der Waals surface area (Å²) >= 11 is 0.927. The maximum Gasteiger partial charge on any atom is 0.290 e. The van der Waals surface area contributed by atoms with Gasteiger partial charge >= 0.3 is 0 Å². The third-order valence-electron chi connectivity index (χ3n) is 3.16. The van der Waals surface area contributed by atoms with Crippen LogP contribution in [-0.2, 0) is 4.79 Å². The van der Waals surface area contributed by atoms with Crippen molar-refractivity contribution in [3.63, 3.8) is 0 Å². The number of nitrogens with zero attached hydrogens (tertiary/aromatic N) is 2. The molecule has 3 rings (SSSR count). The fraction of sp³-hybridized carbons (Fsp3) is 0.308. The van der Waals surface area contributed by atoms with Gasteiger partial charge in [-0.3, -0.25) is 14.9 Å². The molecule has 0 saturated carbocycles.